The Morgan fingerprint density at radius 3 is 2.66 bits per heavy atom. The Bertz CT molecular complexity index is 1400. The zero-order valence-corrected chi connectivity index (χ0v) is 19.9. The molecule has 0 atom stereocenters. The Morgan fingerprint density at radius 2 is 1.94 bits per heavy atom. The molecule has 0 unspecified atom stereocenters. The second kappa shape index (κ2) is 9.50. The number of hydrogen-bond donors (Lipinski definition) is 2. The first-order valence-corrected chi connectivity index (χ1v) is 11.7. The number of fused-ring (bicyclic) bond motifs is 1. The summed E-state index contributed by atoms with van der Waals surface area (Å²) in [5.74, 6) is 0.235. The van der Waals surface area contributed by atoms with Crippen molar-refractivity contribution in [1.29, 1.82) is 0 Å². The molecule has 0 aliphatic carbocycles. The van der Waals surface area contributed by atoms with E-state index in [0.717, 1.165) is 37.7 Å². The van der Waals surface area contributed by atoms with Crippen LogP contribution in [0.1, 0.15) is 44.1 Å². The number of nitrogens with zero attached hydrogens (tertiary/aromatic N) is 5. The molecule has 0 spiro atoms. The van der Waals surface area contributed by atoms with Gasteiger partial charge in [-0.05, 0) is 70.0 Å². The molecule has 4 aromatic rings. The van der Waals surface area contributed by atoms with Crippen molar-refractivity contribution >= 4 is 28.9 Å². The van der Waals surface area contributed by atoms with Crippen molar-refractivity contribution in [2.24, 2.45) is 0 Å². The van der Waals surface area contributed by atoms with Gasteiger partial charge in [0.05, 0.1) is 11.7 Å². The topological polar surface area (TPSA) is 80.6 Å². The second-order valence-corrected chi connectivity index (χ2v) is 9.02. The van der Waals surface area contributed by atoms with Crippen LogP contribution in [0, 0.1) is 18.6 Å². The van der Waals surface area contributed by atoms with Crippen molar-refractivity contribution < 1.29 is 8.78 Å². The van der Waals surface area contributed by atoms with Crippen LogP contribution in [0.15, 0.2) is 42.2 Å². The Kier molecular flexibility index (Phi) is 6.25. The first kappa shape index (κ1) is 23.0. The highest BCUT2D eigenvalue weighted by atomic mass is 19.1. The van der Waals surface area contributed by atoms with Crippen molar-refractivity contribution in [3.63, 3.8) is 0 Å². The fourth-order valence-electron chi connectivity index (χ4n) is 4.50. The van der Waals surface area contributed by atoms with Crippen LogP contribution in [-0.4, -0.2) is 37.6 Å². The van der Waals surface area contributed by atoms with Gasteiger partial charge in [0.15, 0.2) is 11.6 Å². The second-order valence-electron chi connectivity index (χ2n) is 9.02. The van der Waals surface area contributed by atoms with Crippen LogP contribution in [0.3, 0.4) is 0 Å². The van der Waals surface area contributed by atoms with Gasteiger partial charge in [0.1, 0.15) is 22.9 Å². The van der Waals surface area contributed by atoms with Gasteiger partial charge in [-0.25, -0.2) is 28.7 Å². The molecule has 1 saturated heterocycles. The third-order valence-corrected chi connectivity index (χ3v) is 6.06. The van der Waals surface area contributed by atoms with E-state index in [1.54, 1.807) is 12.3 Å². The summed E-state index contributed by atoms with van der Waals surface area (Å²) in [6.45, 7) is 7.77. The number of aromatic nitrogens is 5. The Hall–Kier alpha value is -3.72. The van der Waals surface area contributed by atoms with Gasteiger partial charge >= 0.3 is 0 Å². The van der Waals surface area contributed by atoms with Crippen LogP contribution in [0.2, 0.25) is 0 Å². The molecule has 0 amide bonds. The maximum Gasteiger partial charge on any atom is 0.229 e. The highest BCUT2D eigenvalue weighted by Crippen LogP contribution is 2.30. The summed E-state index contributed by atoms with van der Waals surface area (Å²) in [4.78, 5) is 17.1. The summed E-state index contributed by atoms with van der Waals surface area (Å²) in [6.07, 6.45) is 7.21. The van der Waals surface area contributed by atoms with Gasteiger partial charge in [0.2, 0.25) is 5.95 Å². The molecule has 3 aromatic heterocycles. The van der Waals surface area contributed by atoms with Crippen LogP contribution in [0.25, 0.3) is 28.4 Å². The van der Waals surface area contributed by atoms with Crippen LogP contribution >= 0.6 is 0 Å². The van der Waals surface area contributed by atoms with E-state index >= 15 is 0 Å². The van der Waals surface area contributed by atoms with Crippen LogP contribution in [-0.2, 0) is 0 Å². The summed E-state index contributed by atoms with van der Waals surface area (Å²) >= 11 is 0. The monoisotopic (exact) mass is 475 g/mol. The summed E-state index contributed by atoms with van der Waals surface area (Å²) < 4.78 is 31.6. The minimum atomic E-state index is -0.641. The first-order chi connectivity index (χ1) is 16.9. The van der Waals surface area contributed by atoms with E-state index in [1.165, 1.54) is 11.6 Å². The fraction of sp³-hybridized carbons (Fsp3) is 0.308. The molecule has 1 fully saturated rings. The molecule has 2 N–H and O–H groups in total. The van der Waals surface area contributed by atoms with Crippen LogP contribution in [0.5, 0.6) is 0 Å². The zero-order chi connectivity index (χ0) is 24.5. The molecule has 1 aliphatic rings. The molecule has 9 heteroatoms. The SMILES string of the molecule is Cc1nc2c(F)cc(-c3nc(Nc4ccc(/C=C5\CCCNC5)cn4)ncc3F)cc2n1C(C)C. The molecule has 5 rings (SSSR count). The van der Waals surface area contributed by atoms with E-state index in [9.17, 15) is 8.78 Å². The molecule has 0 bridgehead atoms. The van der Waals surface area contributed by atoms with E-state index in [4.69, 9.17) is 0 Å². The molecule has 180 valence electrons. The van der Waals surface area contributed by atoms with Gasteiger partial charge in [-0.3, -0.25) is 0 Å². The quantitative estimate of drug-likeness (QED) is 0.393. The van der Waals surface area contributed by atoms with E-state index in [2.05, 4.69) is 36.6 Å². The minimum absolute atomic E-state index is 0.00334. The molecular formula is C26H27F2N7. The summed E-state index contributed by atoms with van der Waals surface area (Å²) in [5, 5.41) is 6.38. The Morgan fingerprint density at radius 1 is 1.09 bits per heavy atom. The molecule has 4 heterocycles. The number of benzene rings is 1. The highest BCUT2D eigenvalue weighted by molar-refractivity contribution is 5.83. The van der Waals surface area contributed by atoms with Crippen molar-refractivity contribution in [3.05, 3.63) is 65.3 Å². The molecule has 0 radical (unpaired) electrons. The predicted molar refractivity (Wildman–Crippen MR) is 133 cm³/mol. The summed E-state index contributed by atoms with van der Waals surface area (Å²) in [5.41, 5.74) is 3.54. The minimum Gasteiger partial charge on any atom is -0.326 e. The van der Waals surface area contributed by atoms with Gasteiger partial charge in [0, 0.05) is 24.3 Å². The zero-order valence-electron chi connectivity index (χ0n) is 19.9. The molecule has 0 saturated carbocycles. The lowest BCUT2D eigenvalue weighted by atomic mass is 10.0. The molecule has 35 heavy (non-hydrogen) atoms. The highest BCUT2D eigenvalue weighted by Gasteiger charge is 2.18. The first-order valence-electron chi connectivity index (χ1n) is 11.7. The molecule has 1 aliphatic heterocycles. The van der Waals surface area contributed by atoms with Crippen molar-refractivity contribution in [1.82, 2.24) is 29.8 Å². The normalized spacial score (nSPS) is 15.3. The number of piperidine rings is 1. The van der Waals surface area contributed by atoms with Crippen molar-refractivity contribution in [2.75, 3.05) is 18.4 Å². The lowest BCUT2D eigenvalue weighted by Gasteiger charge is -2.15. The number of imidazole rings is 1. The number of pyridine rings is 1. The number of hydrogen-bond acceptors (Lipinski definition) is 6. The standard InChI is InChI=1S/C26H27F2N7/c1-15(2)35-16(3)32-25-20(27)10-19(11-22(25)35)24-21(28)14-31-26(34-24)33-23-7-6-18(13-30-23)9-17-5-4-8-29-12-17/h6-7,9-11,13-15,29H,4-5,8,12H2,1-3H3,(H,30,31,33,34)/b17-9+. The lowest BCUT2D eigenvalue weighted by molar-refractivity contribution is 0.600. The number of rotatable bonds is 5. The summed E-state index contributed by atoms with van der Waals surface area (Å²) in [6, 6.07) is 6.83. The van der Waals surface area contributed by atoms with Crippen molar-refractivity contribution in [3.8, 4) is 11.3 Å². The number of aryl methyl sites for hydroxylation is 1. The lowest BCUT2D eigenvalue weighted by Crippen LogP contribution is -2.23. The van der Waals surface area contributed by atoms with Gasteiger partial charge in [-0.15, -0.1) is 0 Å². The summed E-state index contributed by atoms with van der Waals surface area (Å²) in [7, 11) is 0. The maximum atomic E-state index is 14.9. The average Bonchev–Trinajstić information content (AvgIpc) is 3.19. The third kappa shape index (κ3) is 4.77. The van der Waals surface area contributed by atoms with E-state index < -0.39 is 11.6 Å². The average molecular weight is 476 g/mol. The van der Waals surface area contributed by atoms with Gasteiger partial charge in [0.25, 0.3) is 0 Å². The molecule has 7 nitrogen and oxygen atoms in total. The van der Waals surface area contributed by atoms with Gasteiger partial charge in [-0.2, -0.15) is 0 Å². The third-order valence-electron chi connectivity index (χ3n) is 6.06. The number of nitrogens with one attached hydrogen (secondary N) is 2. The van der Waals surface area contributed by atoms with Crippen LogP contribution < -0.4 is 10.6 Å². The van der Waals surface area contributed by atoms with Gasteiger partial charge < -0.3 is 15.2 Å². The number of halogens is 2. The maximum absolute atomic E-state index is 14.9. The van der Waals surface area contributed by atoms with E-state index in [0.29, 0.717) is 22.7 Å². The Balaban J connectivity index is 1.43. The molecular weight excluding hydrogens is 448 g/mol. The predicted octanol–water partition coefficient (Wildman–Crippen LogP) is 5.57. The Labute approximate surface area is 202 Å². The van der Waals surface area contributed by atoms with E-state index in [-0.39, 0.29) is 23.2 Å². The number of anilines is 2. The molecule has 1 aromatic carbocycles. The largest absolute Gasteiger partial charge is 0.326 e. The smallest absolute Gasteiger partial charge is 0.229 e. The van der Waals surface area contributed by atoms with E-state index in [1.807, 2.05) is 37.5 Å². The fourth-order valence-corrected chi connectivity index (χ4v) is 4.50. The van der Waals surface area contributed by atoms with Crippen molar-refractivity contribution in [2.45, 2.75) is 39.7 Å². The van der Waals surface area contributed by atoms with Gasteiger partial charge in [-0.1, -0.05) is 11.6 Å². The van der Waals surface area contributed by atoms with Crippen LogP contribution in [0.4, 0.5) is 20.5 Å².